The van der Waals surface area contributed by atoms with Gasteiger partial charge in [0, 0.05) is 55.8 Å². The van der Waals surface area contributed by atoms with E-state index in [2.05, 4.69) is 25.0 Å². The first kappa shape index (κ1) is 13.9. The molecule has 3 aromatic heterocycles. The van der Waals surface area contributed by atoms with Crippen molar-refractivity contribution in [1.82, 2.24) is 24.6 Å². The Hall–Kier alpha value is -2.74. The summed E-state index contributed by atoms with van der Waals surface area (Å²) in [7, 11) is 1.65. The maximum Gasteiger partial charge on any atom is 0.254 e. The Labute approximate surface area is 132 Å². The molecule has 1 aliphatic rings. The van der Waals surface area contributed by atoms with E-state index in [1.165, 1.54) is 6.33 Å². The Morgan fingerprint density at radius 2 is 2.26 bits per heavy atom. The lowest BCUT2D eigenvalue weighted by Crippen LogP contribution is -2.33. The second-order valence-electron chi connectivity index (χ2n) is 5.51. The summed E-state index contributed by atoms with van der Waals surface area (Å²) >= 11 is 0. The average molecular weight is 311 g/mol. The van der Waals surface area contributed by atoms with Crippen LogP contribution in [-0.2, 0) is 24.3 Å². The number of aromatic nitrogens is 5. The topological polar surface area (TPSA) is 94.5 Å². The number of rotatable bonds is 3. The van der Waals surface area contributed by atoms with Crippen LogP contribution in [0.1, 0.15) is 17.0 Å². The highest BCUT2D eigenvalue weighted by atomic mass is 16.5. The lowest BCUT2D eigenvalue weighted by atomic mass is 10.0. The Morgan fingerprint density at radius 3 is 3.13 bits per heavy atom. The summed E-state index contributed by atoms with van der Waals surface area (Å²) in [5, 5.41) is 4.29. The van der Waals surface area contributed by atoms with Gasteiger partial charge in [-0.25, -0.2) is 4.98 Å². The molecule has 0 aliphatic carbocycles. The molecule has 8 nitrogen and oxygen atoms in total. The molecule has 0 unspecified atom stereocenters. The Bertz CT molecular complexity index is 860. The largest absolute Gasteiger partial charge is 0.398 e. The van der Waals surface area contributed by atoms with Gasteiger partial charge in [0.15, 0.2) is 0 Å². The molecule has 0 amide bonds. The average Bonchev–Trinajstić information content (AvgIpc) is 3.03. The van der Waals surface area contributed by atoms with Gasteiger partial charge in [-0.1, -0.05) is 0 Å². The van der Waals surface area contributed by atoms with E-state index < -0.39 is 0 Å². The molecule has 0 spiro atoms. The minimum absolute atomic E-state index is 0.435. The van der Waals surface area contributed by atoms with Gasteiger partial charge in [-0.3, -0.25) is 4.98 Å². The molecule has 1 aliphatic heterocycles. The zero-order valence-electron chi connectivity index (χ0n) is 12.8. The van der Waals surface area contributed by atoms with Crippen LogP contribution >= 0.6 is 0 Å². The minimum Gasteiger partial charge on any atom is -0.398 e. The number of nitrogens with two attached hydrogens (primary N) is 1. The molecule has 0 fully saturated rings. The van der Waals surface area contributed by atoms with Gasteiger partial charge < -0.3 is 15.4 Å². The molecule has 4 rings (SSSR count). The fraction of sp³-hybridized carbons (Fsp3) is 0.333. The van der Waals surface area contributed by atoms with E-state index in [0.29, 0.717) is 18.9 Å². The summed E-state index contributed by atoms with van der Waals surface area (Å²) in [5.41, 5.74) is 9.88. The number of ether oxygens (including phenoxy) is 1. The first-order chi connectivity index (χ1) is 11.3. The zero-order valence-corrected chi connectivity index (χ0v) is 12.8. The number of pyridine rings is 1. The molecule has 0 saturated carbocycles. The summed E-state index contributed by atoms with van der Waals surface area (Å²) < 4.78 is 6.95. The molecular formula is C15H17N7O. The van der Waals surface area contributed by atoms with Gasteiger partial charge in [0.2, 0.25) is 0 Å². The highest BCUT2D eigenvalue weighted by Crippen LogP contribution is 2.27. The van der Waals surface area contributed by atoms with Crippen LogP contribution in [0.4, 0.5) is 11.5 Å². The van der Waals surface area contributed by atoms with Crippen LogP contribution in [-0.4, -0.2) is 38.2 Å². The number of methoxy groups -OCH3 is 1. The molecule has 0 aromatic carbocycles. The van der Waals surface area contributed by atoms with E-state index in [-0.39, 0.29) is 0 Å². The first-order valence-corrected chi connectivity index (χ1v) is 7.42. The van der Waals surface area contributed by atoms with Gasteiger partial charge >= 0.3 is 0 Å². The molecule has 8 heteroatoms. The molecule has 23 heavy (non-hydrogen) atoms. The van der Waals surface area contributed by atoms with Crippen molar-refractivity contribution in [3.8, 4) is 0 Å². The molecule has 2 N–H and O–H groups in total. The van der Waals surface area contributed by atoms with E-state index in [4.69, 9.17) is 10.5 Å². The van der Waals surface area contributed by atoms with Crippen molar-refractivity contribution in [2.45, 2.75) is 19.6 Å². The maximum absolute atomic E-state index is 6.12. The van der Waals surface area contributed by atoms with E-state index in [9.17, 15) is 0 Å². The normalized spacial score (nSPS) is 14.2. The highest BCUT2D eigenvalue weighted by molar-refractivity contribution is 5.55. The van der Waals surface area contributed by atoms with Crippen molar-refractivity contribution in [2.75, 3.05) is 24.3 Å². The number of fused-ring (bicyclic) bond motifs is 2. The molecule has 3 aromatic rings. The Kier molecular flexibility index (Phi) is 3.30. The standard InChI is InChI=1S/C15H17N7O/c1-23-8-10-6-14(22-15(20-10)18-9-19-22)21-5-3-13-11(7-21)12(16)2-4-17-13/h2,4,6,9H,3,5,7-8H2,1H3,(H2,16,17). The molecule has 118 valence electrons. The molecular weight excluding hydrogens is 294 g/mol. The van der Waals surface area contributed by atoms with Crippen LogP contribution in [0.5, 0.6) is 0 Å². The third-order valence-corrected chi connectivity index (χ3v) is 4.05. The van der Waals surface area contributed by atoms with Crippen LogP contribution < -0.4 is 10.6 Å². The number of nitrogens with zero attached hydrogens (tertiary/aromatic N) is 6. The molecule has 0 atom stereocenters. The second-order valence-corrected chi connectivity index (χ2v) is 5.51. The number of hydrogen-bond donors (Lipinski definition) is 1. The third-order valence-electron chi connectivity index (χ3n) is 4.05. The maximum atomic E-state index is 6.12. The van der Waals surface area contributed by atoms with E-state index in [1.54, 1.807) is 17.8 Å². The van der Waals surface area contributed by atoms with E-state index in [0.717, 1.165) is 41.4 Å². The van der Waals surface area contributed by atoms with Gasteiger partial charge in [0.1, 0.15) is 12.1 Å². The van der Waals surface area contributed by atoms with Gasteiger partial charge in [-0.05, 0) is 6.07 Å². The number of hydrogen-bond acceptors (Lipinski definition) is 7. The van der Waals surface area contributed by atoms with Crippen LogP contribution in [0.15, 0.2) is 24.7 Å². The summed E-state index contributed by atoms with van der Waals surface area (Å²) in [6, 6.07) is 3.83. The van der Waals surface area contributed by atoms with Crippen LogP contribution in [0.3, 0.4) is 0 Å². The Morgan fingerprint density at radius 1 is 1.35 bits per heavy atom. The van der Waals surface area contributed by atoms with Crippen molar-refractivity contribution >= 4 is 17.3 Å². The summed E-state index contributed by atoms with van der Waals surface area (Å²) in [6.45, 7) is 1.97. The fourth-order valence-electron chi connectivity index (χ4n) is 2.95. The SMILES string of the molecule is COCc1cc(N2CCc3nccc(N)c3C2)n2ncnc2n1. The van der Waals surface area contributed by atoms with Crippen LogP contribution in [0.2, 0.25) is 0 Å². The molecule has 0 saturated heterocycles. The van der Waals surface area contributed by atoms with Crippen LogP contribution in [0, 0.1) is 0 Å². The third kappa shape index (κ3) is 2.36. The van der Waals surface area contributed by atoms with E-state index in [1.807, 2.05) is 12.1 Å². The van der Waals surface area contributed by atoms with Crippen molar-refractivity contribution in [1.29, 1.82) is 0 Å². The van der Waals surface area contributed by atoms with Gasteiger partial charge in [-0.15, -0.1) is 0 Å². The fourth-order valence-corrected chi connectivity index (χ4v) is 2.95. The zero-order chi connectivity index (χ0) is 15.8. The van der Waals surface area contributed by atoms with E-state index >= 15 is 0 Å². The molecule has 0 radical (unpaired) electrons. The summed E-state index contributed by atoms with van der Waals surface area (Å²) in [4.78, 5) is 15.3. The lowest BCUT2D eigenvalue weighted by molar-refractivity contribution is 0.181. The lowest BCUT2D eigenvalue weighted by Gasteiger charge is -2.30. The van der Waals surface area contributed by atoms with Crippen molar-refractivity contribution < 1.29 is 4.74 Å². The summed E-state index contributed by atoms with van der Waals surface area (Å²) in [5.74, 6) is 1.51. The molecule has 0 bridgehead atoms. The van der Waals surface area contributed by atoms with Crippen LogP contribution in [0.25, 0.3) is 5.78 Å². The van der Waals surface area contributed by atoms with Crippen molar-refractivity contribution in [2.24, 2.45) is 0 Å². The van der Waals surface area contributed by atoms with Gasteiger partial charge in [0.05, 0.1) is 12.3 Å². The number of nitrogen functional groups attached to an aromatic ring is 1. The predicted octanol–water partition coefficient (Wildman–Crippen LogP) is 0.811. The minimum atomic E-state index is 0.435. The van der Waals surface area contributed by atoms with Gasteiger partial charge in [-0.2, -0.15) is 14.6 Å². The predicted molar refractivity (Wildman–Crippen MR) is 84.9 cm³/mol. The Balaban J connectivity index is 1.77. The van der Waals surface area contributed by atoms with Gasteiger partial charge in [0.25, 0.3) is 5.78 Å². The second kappa shape index (κ2) is 5.47. The first-order valence-electron chi connectivity index (χ1n) is 7.42. The molecule has 4 heterocycles. The van der Waals surface area contributed by atoms with Crippen molar-refractivity contribution in [3.05, 3.63) is 41.6 Å². The highest BCUT2D eigenvalue weighted by Gasteiger charge is 2.22. The smallest absolute Gasteiger partial charge is 0.254 e. The number of anilines is 2. The monoisotopic (exact) mass is 311 g/mol. The summed E-state index contributed by atoms with van der Waals surface area (Å²) in [6.07, 6.45) is 4.12. The quantitative estimate of drug-likeness (QED) is 0.765. The van der Waals surface area contributed by atoms with Crippen molar-refractivity contribution in [3.63, 3.8) is 0 Å².